The molecule has 0 bridgehead atoms. The Morgan fingerprint density at radius 3 is 2.83 bits per heavy atom. The van der Waals surface area contributed by atoms with Crippen LogP contribution in [-0.4, -0.2) is 21.8 Å². The van der Waals surface area contributed by atoms with Gasteiger partial charge in [-0.05, 0) is 36.2 Å². The Balaban J connectivity index is 1.50. The molecule has 0 aliphatic carbocycles. The van der Waals surface area contributed by atoms with Crippen molar-refractivity contribution >= 4 is 23.0 Å². The van der Waals surface area contributed by atoms with E-state index in [-0.39, 0.29) is 11.8 Å². The third-order valence-corrected chi connectivity index (χ3v) is 4.32. The molecule has 2 heterocycles. The van der Waals surface area contributed by atoms with Gasteiger partial charge in [-0.15, -0.1) is 0 Å². The summed E-state index contributed by atoms with van der Waals surface area (Å²) in [5.41, 5.74) is 2.18. The van der Waals surface area contributed by atoms with Crippen LogP contribution in [0.4, 0.5) is 0 Å². The molecule has 0 radical (unpaired) electrons. The summed E-state index contributed by atoms with van der Waals surface area (Å²) in [5.74, 6) is 0.935. The smallest absolute Gasteiger partial charge is 0.223 e. The normalized spacial score (nSPS) is 12.2. The Bertz CT molecular complexity index is 826. The number of hydrogen-bond donors (Lipinski definition) is 1. The summed E-state index contributed by atoms with van der Waals surface area (Å²) in [4.78, 5) is 16.7. The van der Waals surface area contributed by atoms with Gasteiger partial charge in [-0.2, -0.15) is 0 Å². The Hall–Kier alpha value is -2.33. The van der Waals surface area contributed by atoms with E-state index in [1.165, 1.54) is 0 Å². The maximum absolute atomic E-state index is 12.2. The van der Waals surface area contributed by atoms with E-state index in [4.69, 9.17) is 11.6 Å². The van der Waals surface area contributed by atoms with Gasteiger partial charge in [0.05, 0.1) is 11.7 Å². The molecule has 5 heteroatoms. The molecule has 3 aromatic rings. The topological polar surface area (TPSA) is 46.4 Å². The lowest BCUT2D eigenvalue weighted by atomic mass is 10.0. The number of benzene rings is 1. The van der Waals surface area contributed by atoms with E-state index in [9.17, 15) is 4.79 Å². The molecule has 3 rings (SSSR count). The summed E-state index contributed by atoms with van der Waals surface area (Å²) in [7, 11) is 0. The fraction of sp³-hybridized carbons (Fsp3) is 0.263. The third-order valence-electron chi connectivity index (χ3n) is 4.07. The van der Waals surface area contributed by atoms with Crippen molar-refractivity contribution in [1.82, 2.24) is 14.7 Å². The second kappa shape index (κ2) is 7.49. The van der Waals surface area contributed by atoms with Crippen molar-refractivity contribution in [3.63, 3.8) is 0 Å². The minimum atomic E-state index is -0.0804. The number of halogens is 1. The molecule has 124 valence electrons. The van der Waals surface area contributed by atoms with E-state index < -0.39 is 0 Å². The molecule has 1 atom stereocenters. The zero-order chi connectivity index (χ0) is 16.9. The van der Waals surface area contributed by atoms with E-state index in [0.717, 1.165) is 16.9 Å². The second-order valence-corrected chi connectivity index (χ2v) is 6.38. The third kappa shape index (κ3) is 3.95. The molecule has 0 aliphatic rings. The van der Waals surface area contributed by atoms with Crippen LogP contribution in [0.2, 0.25) is 5.02 Å². The van der Waals surface area contributed by atoms with Crippen LogP contribution in [0.1, 0.15) is 18.3 Å². The first-order chi connectivity index (χ1) is 11.6. The lowest BCUT2D eigenvalue weighted by molar-refractivity contribution is -0.124. The highest BCUT2D eigenvalue weighted by molar-refractivity contribution is 6.30. The zero-order valence-corrected chi connectivity index (χ0v) is 14.3. The fourth-order valence-electron chi connectivity index (χ4n) is 2.72. The van der Waals surface area contributed by atoms with E-state index in [1.807, 2.05) is 66.2 Å². The maximum Gasteiger partial charge on any atom is 0.223 e. The first kappa shape index (κ1) is 16.5. The summed E-state index contributed by atoms with van der Waals surface area (Å²) < 4.78 is 2.04. The Kier molecular flexibility index (Phi) is 5.16. The van der Waals surface area contributed by atoms with Gasteiger partial charge < -0.3 is 9.72 Å². The molecule has 1 amide bonds. The minimum absolute atomic E-state index is 0.0609. The molecule has 1 N–H and O–H groups in total. The fourth-order valence-corrected chi connectivity index (χ4v) is 2.85. The number of imidazole rings is 1. The number of pyridine rings is 1. The number of rotatable bonds is 6. The Morgan fingerprint density at radius 1 is 1.25 bits per heavy atom. The zero-order valence-electron chi connectivity index (χ0n) is 13.6. The standard InChI is InChI=1S/C19H20ClN3O/c1-14(12-15-5-7-16(20)8-6-15)19(24)21-10-9-18-22-13-17-4-2-3-11-23(17)18/h2-8,11,13-14H,9-10,12H2,1H3,(H,21,24). The van der Waals surface area contributed by atoms with Crippen molar-refractivity contribution in [2.75, 3.05) is 6.54 Å². The van der Waals surface area contributed by atoms with Gasteiger partial charge in [-0.1, -0.05) is 36.7 Å². The predicted octanol–water partition coefficient (Wildman–Crippen LogP) is 3.53. The summed E-state index contributed by atoms with van der Waals surface area (Å²) in [6.07, 6.45) is 5.25. The van der Waals surface area contributed by atoms with Gasteiger partial charge in [0, 0.05) is 30.1 Å². The number of aromatic nitrogens is 2. The number of hydrogen-bond acceptors (Lipinski definition) is 2. The number of carbonyl (C=O) groups is 1. The maximum atomic E-state index is 12.2. The molecule has 0 fully saturated rings. The Labute approximate surface area is 146 Å². The first-order valence-electron chi connectivity index (χ1n) is 8.06. The first-order valence-corrected chi connectivity index (χ1v) is 8.44. The van der Waals surface area contributed by atoms with Crippen LogP contribution >= 0.6 is 11.6 Å². The van der Waals surface area contributed by atoms with Crippen molar-refractivity contribution in [3.05, 3.63) is 71.3 Å². The number of amides is 1. The summed E-state index contributed by atoms with van der Waals surface area (Å²) in [6.45, 7) is 2.52. The van der Waals surface area contributed by atoms with Crippen molar-refractivity contribution in [3.8, 4) is 0 Å². The highest BCUT2D eigenvalue weighted by Gasteiger charge is 2.13. The molecule has 24 heavy (non-hydrogen) atoms. The minimum Gasteiger partial charge on any atom is -0.355 e. The summed E-state index contributed by atoms with van der Waals surface area (Å²) in [6, 6.07) is 13.6. The molecule has 0 spiro atoms. The van der Waals surface area contributed by atoms with Crippen molar-refractivity contribution in [1.29, 1.82) is 0 Å². The lowest BCUT2D eigenvalue weighted by Gasteiger charge is -2.12. The largest absolute Gasteiger partial charge is 0.355 e. The van der Waals surface area contributed by atoms with Crippen LogP contribution in [0.25, 0.3) is 5.52 Å². The average Bonchev–Trinajstić information content (AvgIpc) is 3.00. The SMILES string of the molecule is CC(Cc1ccc(Cl)cc1)C(=O)NCCc1ncc2ccccn12. The molecule has 1 unspecified atom stereocenters. The van der Waals surface area contributed by atoms with Gasteiger partial charge in [-0.25, -0.2) is 4.98 Å². The molecule has 0 saturated carbocycles. The van der Waals surface area contributed by atoms with E-state index >= 15 is 0 Å². The Morgan fingerprint density at radius 2 is 2.04 bits per heavy atom. The van der Waals surface area contributed by atoms with Gasteiger partial charge in [0.1, 0.15) is 5.82 Å². The second-order valence-electron chi connectivity index (χ2n) is 5.94. The van der Waals surface area contributed by atoms with Crippen molar-refractivity contribution < 1.29 is 4.79 Å². The van der Waals surface area contributed by atoms with Crippen molar-refractivity contribution in [2.45, 2.75) is 19.8 Å². The monoisotopic (exact) mass is 341 g/mol. The average molecular weight is 342 g/mol. The van der Waals surface area contributed by atoms with Crippen LogP contribution in [0.3, 0.4) is 0 Å². The predicted molar refractivity (Wildman–Crippen MR) is 96.2 cm³/mol. The van der Waals surface area contributed by atoms with Crippen LogP contribution < -0.4 is 5.32 Å². The number of nitrogens with one attached hydrogen (secondary N) is 1. The highest BCUT2D eigenvalue weighted by atomic mass is 35.5. The quantitative estimate of drug-likeness (QED) is 0.745. The molecule has 0 aliphatic heterocycles. The number of nitrogens with zero attached hydrogens (tertiary/aromatic N) is 2. The number of fused-ring (bicyclic) bond motifs is 1. The van der Waals surface area contributed by atoms with Crippen LogP contribution in [0, 0.1) is 5.92 Å². The molecule has 1 aromatic carbocycles. The molecular weight excluding hydrogens is 322 g/mol. The molecule has 2 aromatic heterocycles. The molecule has 4 nitrogen and oxygen atoms in total. The van der Waals surface area contributed by atoms with Crippen LogP contribution in [-0.2, 0) is 17.6 Å². The molecule has 0 saturated heterocycles. The van der Waals surface area contributed by atoms with Gasteiger partial charge >= 0.3 is 0 Å². The van der Waals surface area contributed by atoms with Gasteiger partial charge in [0.2, 0.25) is 5.91 Å². The lowest BCUT2D eigenvalue weighted by Crippen LogP contribution is -2.32. The van der Waals surface area contributed by atoms with Gasteiger partial charge in [0.25, 0.3) is 0 Å². The number of carbonyl (C=O) groups excluding carboxylic acids is 1. The van der Waals surface area contributed by atoms with Crippen molar-refractivity contribution in [2.24, 2.45) is 5.92 Å². The van der Waals surface area contributed by atoms with E-state index in [0.29, 0.717) is 24.4 Å². The van der Waals surface area contributed by atoms with E-state index in [2.05, 4.69) is 10.3 Å². The summed E-state index contributed by atoms with van der Waals surface area (Å²) in [5, 5.41) is 3.71. The van der Waals surface area contributed by atoms with Gasteiger partial charge in [-0.3, -0.25) is 4.79 Å². The highest BCUT2D eigenvalue weighted by Crippen LogP contribution is 2.13. The van der Waals surface area contributed by atoms with E-state index in [1.54, 1.807) is 0 Å². The summed E-state index contributed by atoms with van der Waals surface area (Å²) >= 11 is 5.88. The van der Waals surface area contributed by atoms with Crippen LogP contribution in [0.15, 0.2) is 54.9 Å². The molecular formula is C19H20ClN3O. The van der Waals surface area contributed by atoms with Crippen LogP contribution in [0.5, 0.6) is 0 Å². The van der Waals surface area contributed by atoms with Gasteiger partial charge in [0.15, 0.2) is 0 Å².